The number of nitrogens with zero attached hydrogens (tertiary/aromatic N) is 1. The summed E-state index contributed by atoms with van der Waals surface area (Å²) < 4.78 is 38.4. The zero-order chi connectivity index (χ0) is 15.5. The van der Waals surface area contributed by atoms with E-state index in [4.69, 9.17) is 0 Å². The molecular weight excluding hydrogens is 285 g/mol. The van der Waals surface area contributed by atoms with Crippen LogP contribution in [-0.2, 0) is 11.0 Å². The third-order valence-electron chi connectivity index (χ3n) is 3.58. The molecule has 7 heteroatoms. The van der Waals surface area contributed by atoms with Crippen molar-refractivity contribution in [1.29, 1.82) is 0 Å². The second-order valence-electron chi connectivity index (χ2n) is 5.07. The Morgan fingerprint density at radius 2 is 1.86 bits per heavy atom. The number of pyridine rings is 1. The SMILES string of the molecule is O=C(NC(=O)C1CCCCC1)c1cnccc1C(F)(F)F. The minimum absolute atomic E-state index is 0.297. The smallest absolute Gasteiger partial charge is 0.292 e. The molecule has 114 valence electrons. The fraction of sp³-hybridized carbons (Fsp3) is 0.500. The first-order valence-corrected chi connectivity index (χ1v) is 6.76. The highest BCUT2D eigenvalue weighted by atomic mass is 19.4. The molecule has 1 aromatic rings. The molecule has 2 amide bonds. The minimum Gasteiger partial charge on any atom is -0.292 e. The Morgan fingerprint density at radius 1 is 1.19 bits per heavy atom. The van der Waals surface area contributed by atoms with Crippen molar-refractivity contribution in [3.05, 3.63) is 29.6 Å². The number of carbonyl (C=O) groups excluding carboxylic acids is 2. The molecule has 0 saturated heterocycles. The molecule has 1 fully saturated rings. The van der Waals surface area contributed by atoms with Gasteiger partial charge in [-0.15, -0.1) is 0 Å². The van der Waals surface area contributed by atoms with E-state index in [9.17, 15) is 22.8 Å². The third kappa shape index (κ3) is 3.80. The van der Waals surface area contributed by atoms with Crippen molar-refractivity contribution in [2.75, 3.05) is 0 Å². The molecule has 0 atom stereocenters. The van der Waals surface area contributed by atoms with Crippen LogP contribution in [0, 0.1) is 5.92 Å². The maximum atomic E-state index is 12.8. The molecule has 0 unspecified atom stereocenters. The lowest BCUT2D eigenvalue weighted by atomic mass is 9.88. The number of halogens is 3. The van der Waals surface area contributed by atoms with E-state index < -0.39 is 29.1 Å². The van der Waals surface area contributed by atoms with Crippen LogP contribution in [0.3, 0.4) is 0 Å². The molecule has 4 nitrogen and oxygen atoms in total. The number of hydrogen-bond donors (Lipinski definition) is 1. The van der Waals surface area contributed by atoms with Crippen LogP contribution < -0.4 is 5.32 Å². The van der Waals surface area contributed by atoms with Crippen molar-refractivity contribution in [2.45, 2.75) is 38.3 Å². The first kappa shape index (κ1) is 15.5. The average Bonchev–Trinajstić information content (AvgIpc) is 2.47. The predicted octanol–water partition coefficient (Wildman–Crippen LogP) is 2.94. The van der Waals surface area contributed by atoms with E-state index >= 15 is 0 Å². The van der Waals surface area contributed by atoms with E-state index in [0.29, 0.717) is 12.8 Å². The molecule has 0 radical (unpaired) electrons. The molecule has 0 aliphatic heterocycles. The van der Waals surface area contributed by atoms with Crippen molar-refractivity contribution in [1.82, 2.24) is 10.3 Å². The van der Waals surface area contributed by atoms with Crippen molar-refractivity contribution in [2.24, 2.45) is 5.92 Å². The molecular formula is C14H15F3N2O2. The number of nitrogens with one attached hydrogen (secondary N) is 1. The molecule has 0 spiro atoms. The molecule has 1 aliphatic carbocycles. The van der Waals surface area contributed by atoms with Crippen LogP contribution in [0.1, 0.15) is 48.0 Å². The van der Waals surface area contributed by atoms with Crippen LogP contribution in [0.25, 0.3) is 0 Å². The topological polar surface area (TPSA) is 59.1 Å². The number of amides is 2. The van der Waals surface area contributed by atoms with Crippen LogP contribution in [0.15, 0.2) is 18.5 Å². The highest BCUT2D eigenvalue weighted by Crippen LogP contribution is 2.31. The first-order chi connectivity index (χ1) is 9.89. The number of rotatable bonds is 2. The quantitative estimate of drug-likeness (QED) is 0.854. The Morgan fingerprint density at radius 3 is 2.48 bits per heavy atom. The third-order valence-corrected chi connectivity index (χ3v) is 3.58. The molecule has 0 bridgehead atoms. The van der Waals surface area contributed by atoms with Gasteiger partial charge in [0.1, 0.15) is 0 Å². The van der Waals surface area contributed by atoms with Gasteiger partial charge in [-0.3, -0.25) is 19.9 Å². The Kier molecular flexibility index (Phi) is 4.59. The second-order valence-corrected chi connectivity index (χ2v) is 5.07. The molecule has 1 aliphatic rings. The fourth-order valence-electron chi connectivity index (χ4n) is 2.47. The number of carbonyl (C=O) groups is 2. The van der Waals surface area contributed by atoms with Gasteiger partial charge in [0.25, 0.3) is 5.91 Å². The van der Waals surface area contributed by atoms with Gasteiger partial charge in [-0.2, -0.15) is 13.2 Å². The number of aromatic nitrogens is 1. The van der Waals surface area contributed by atoms with Gasteiger partial charge in [-0.1, -0.05) is 19.3 Å². The monoisotopic (exact) mass is 300 g/mol. The average molecular weight is 300 g/mol. The van der Waals surface area contributed by atoms with Crippen LogP contribution >= 0.6 is 0 Å². The molecule has 1 aromatic heterocycles. The van der Waals surface area contributed by atoms with Crippen LogP contribution in [-0.4, -0.2) is 16.8 Å². The van der Waals surface area contributed by atoms with Crippen molar-refractivity contribution < 1.29 is 22.8 Å². The highest BCUT2D eigenvalue weighted by molar-refractivity contribution is 6.06. The summed E-state index contributed by atoms with van der Waals surface area (Å²) in [6, 6.07) is 0.722. The van der Waals surface area contributed by atoms with Gasteiger partial charge >= 0.3 is 6.18 Å². The molecule has 1 saturated carbocycles. The second kappa shape index (κ2) is 6.24. The van der Waals surface area contributed by atoms with Gasteiger partial charge in [0.15, 0.2) is 0 Å². The van der Waals surface area contributed by atoms with Gasteiger partial charge in [0.05, 0.1) is 11.1 Å². The largest absolute Gasteiger partial charge is 0.417 e. The Labute approximate surface area is 119 Å². The van der Waals surface area contributed by atoms with E-state index in [2.05, 4.69) is 10.3 Å². The molecule has 2 rings (SSSR count). The van der Waals surface area contributed by atoms with Gasteiger partial charge in [-0.05, 0) is 18.9 Å². The zero-order valence-corrected chi connectivity index (χ0v) is 11.2. The molecule has 1 N–H and O–H groups in total. The van der Waals surface area contributed by atoms with Crippen molar-refractivity contribution >= 4 is 11.8 Å². The van der Waals surface area contributed by atoms with E-state index in [1.807, 2.05) is 0 Å². The summed E-state index contributed by atoms with van der Waals surface area (Å²) in [6.07, 6.45) is 1.29. The summed E-state index contributed by atoms with van der Waals surface area (Å²) in [5, 5.41) is 2.06. The lowest BCUT2D eigenvalue weighted by Gasteiger charge is -2.20. The van der Waals surface area contributed by atoms with Crippen LogP contribution in [0.2, 0.25) is 0 Å². The van der Waals surface area contributed by atoms with Crippen molar-refractivity contribution in [3.63, 3.8) is 0 Å². The van der Waals surface area contributed by atoms with Crippen LogP contribution in [0.5, 0.6) is 0 Å². The van der Waals surface area contributed by atoms with E-state index in [-0.39, 0.29) is 5.92 Å². The minimum atomic E-state index is -4.66. The molecule has 0 aromatic carbocycles. The molecule has 21 heavy (non-hydrogen) atoms. The summed E-state index contributed by atoms with van der Waals surface area (Å²) >= 11 is 0. The van der Waals surface area contributed by atoms with Crippen LogP contribution in [0.4, 0.5) is 13.2 Å². The Balaban J connectivity index is 2.12. The highest BCUT2D eigenvalue weighted by Gasteiger charge is 2.36. The summed E-state index contributed by atoms with van der Waals surface area (Å²) in [5.41, 5.74) is -1.72. The van der Waals surface area contributed by atoms with Gasteiger partial charge in [0.2, 0.25) is 5.91 Å². The number of imide groups is 1. The lowest BCUT2D eigenvalue weighted by Crippen LogP contribution is -2.37. The van der Waals surface area contributed by atoms with Gasteiger partial charge in [0, 0.05) is 18.3 Å². The predicted molar refractivity (Wildman–Crippen MR) is 68.3 cm³/mol. The Bertz CT molecular complexity index is 537. The lowest BCUT2D eigenvalue weighted by molar-refractivity contribution is -0.138. The maximum Gasteiger partial charge on any atom is 0.417 e. The normalized spacial score (nSPS) is 16.5. The first-order valence-electron chi connectivity index (χ1n) is 6.76. The number of alkyl halides is 3. The summed E-state index contributed by atoms with van der Waals surface area (Å²) in [4.78, 5) is 27.3. The van der Waals surface area contributed by atoms with Gasteiger partial charge in [-0.25, -0.2) is 0 Å². The summed E-state index contributed by atoms with van der Waals surface area (Å²) in [6.45, 7) is 0. The molecule has 1 heterocycles. The van der Waals surface area contributed by atoms with Crippen molar-refractivity contribution in [3.8, 4) is 0 Å². The standard InChI is InChI=1S/C14H15F3N2O2/c15-14(16,17)11-6-7-18-8-10(11)13(21)19-12(20)9-4-2-1-3-5-9/h6-9H,1-5H2,(H,19,20,21). The van der Waals surface area contributed by atoms with E-state index in [1.165, 1.54) is 0 Å². The number of hydrogen-bond acceptors (Lipinski definition) is 3. The fourth-order valence-corrected chi connectivity index (χ4v) is 2.47. The summed E-state index contributed by atoms with van der Waals surface area (Å²) in [5.74, 6) is -1.85. The summed E-state index contributed by atoms with van der Waals surface area (Å²) in [7, 11) is 0. The Hall–Kier alpha value is -1.92. The van der Waals surface area contributed by atoms with E-state index in [0.717, 1.165) is 37.7 Å². The maximum absolute atomic E-state index is 12.8. The van der Waals surface area contributed by atoms with Gasteiger partial charge < -0.3 is 0 Å². The zero-order valence-electron chi connectivity index (χ0n) is 11.2. The van der Waals surface area contributed by atoms with E-state index in [1.54, 1.807) is 0 Å².